The second kappa shape index (κ2) is 8.84. The third-order valence-electron chi connectivity index (χ3n) is 6.20. The van der Waals surface area contributed by atoms with Crippen molar-refractivity contribution in [3.63, 3.8) is 0 Å². The van der Waals surface area contributed by atoms with Gasteiger partial charge in [0.25, 0.3) is 0 Å². The minimum atomic E-state index is 0.809. The van der Waals surface area contributed by atoms with Crippen LogP contribution < -0.4 is 0 Å². The minimum absolute atomic E-state index is 0.809. The molecule has 2 heterocycles. The molecule has 1 aliphatic carbocycles. The maximum absolute atomic E-state index is 4.64. The van der Waals surface area contributed by atoms with Gasteiger partial charge in [-0.05, 0) is 48.4 Å². The molecule has 0 unspecified atom stereocenters. The average molecular weight is 409 g/mol. The Hall–Kier alpha value is -3.27. The van der Waals surface area contributed by atoms with Crippen molar-refractivity contribution in [2.24, 2.45) is 4.99 Å². The van der Waals surface area contributed by atoms with Gasteiger partial charge in [-0.2, -0.15) is 0 Å². The Morgan fingerprint density at radius 1 is 0.903 bits per heavy atom. The molecule has 0 radical (unpaired) electrons. The zero-order chi connectivity index (χ0) is 21.0. The fourth-order valence-electron chi connectivity index (χ4n) is 4.47. The number of nitrogens with zero attached hydrogens (tertiary/aromatic N) is 4. The largest absolute Gasteiger partial charge is 0.314 e. The fourth-order valence-corrected chi connectivity index (χ4v) is 4.47. The summed E-state index contributed by atoms with van der Waals surface area (Å²) in [6, 6.07) is 17.4. The van der Waals surface area contributed by atoms with Crippen molar-refractivity contribution >= 4 is 11.8 Å². The molecule has 1 aliphatic heterocycles. The molecule has 0 saturated carbocycles. The normalized spacial score (nSPS) is 14.6. The van der Waals surface area contributed by atoms with Crippen molar-refractivity contribution in [3.05, 3.63) is 100 Å². The van der Waals surface area contributed by atoms with Gasteiger partial charge in [-0.1, -0.05) is 66.2 Å². The highest BCUT2D eigenvalue weighted by Crippen LogP contribution is 2.30. The number of hydrogen-bond donors (Lipinski definition) is 0. The van der Waals surface area contributed by atoms with E-state index in [-0.39, 0.29) is 0 Å². The zero-order valence-corrected chi connectivity index (χ0v) is 18.1. The van der Waals surface area contributed by atoms with Gasteiger partial charge < -0.3 is 4.57 Å². The summed E-state index contributed by atoms with van der Waals surface area (Å²) in [5.74, 6) is 2.11. The molecule has 0 saturated heterocycles. The lowest BCUT2D eigenvalue weighted by atomic mass is 10.0. The van der Waals surface area contributed by atoms with Crippen LogP contribution >= 0.6 is 0 Å². The molecule has 1 aromatic heterocycles. The molecular formula is C27H28N4. The number of fused-ring (bicyclic) bond motifs is 1. The first kappa shape index (κ1) is 19.7. The maximum Gasteiger partial charge on any atom is 0.137 e. The Bertz CT molecular complexity index is 1160. The van der Waals surface area contributed by atoms with Crippen LogP contribution in [-0.4, -0.2) is 21.0 Å². The van der Waals surface area contributed by atoms with Crippen LogP contribution in [0.5, 0.6) is 0 Å². The molecule has 2 aliphatic rings. The van der Waals surface area contributed by atoms with Gasteiger partial charge in [0.1, 0.15) is 11.6 Å². The molecule has 0 bridgehead atoms. The van der Waals surface area contributed by atoms with E-state index in [0.29, 0.717) is 0 Å². The summed E-state index contributed by atoms with van der Waals surface area (Å²) in [6.07, 6.45) is 12.2. The number of aryl methyl sites for hydroxylation is 1. The summed E-state index contributed by atoms with van der Waals surface area (Å²) in [6.45, 7) is 3.04. The van der Waals surface area contributed by atoms with E-state index in [1.54, 1.807) is 0 Å². The van der Waals surface area contributed by atoms with Gasteiger partial charge in [-0.3, -0.25) is 4.99 Å². The van der Waals surface area contributed by atoms with Crippen LogP contribution in [0.4, 0.5) is 0 Å². The fraction of sp³-hybridized carbons (Fsp3) is 0.296. The van der Waals surface area contributed by atoms with Crippen molar-refractivity contribution in [2.75, 3.05) is 0 Å². The molecular weight excluding hydrogens is 380 g/mol. The summed E-state index contributed by atoms with van der Waals surface area (Å²) >= 11 is 0. The van der Waals surface area contributed by atoms with E-state index >= 15 is 0 Å². The predicted octanol–water partition coefficient (Wildman–Crippen LogP) is 5.50. The van der Waals surface area contributed by atoms with E-state index < -0.39 is 0 Å². The Morgan fingerprint density at radius 3 is 2.52 bits per heavy atom. The predicted molar refractivity (Wildman–Crippen MR) is 126 cm³/mol. The number of rotatable bonds is 8. The molecule has 156 valence electrons. The van der Waals surface area contributed by atoms with Gasteiger partial charge in [0, 0.05) is 37.7 Å². The molecule has 0 fully saturated rings. The van der Waals surface area contributed by atoms with Crippen LogP contribution in [0, 0.1) is 6.92 Å². The van der Waals surface area contributed by atoms with E-state index in [2.05, 4.69) is 87.4 Å². The van der Waals surface area contributed by atoms with Crippen LogP contribution in [0.1, 0.15) is 53.2 Å². The van der Waals surface area contributed by atoms with Crippen molar-refractivity contribution in [2.45, 2.75) is 52.0 Å². The molecule has 3 aromatic rings. The SMILES string of the molecule is Cc1ccc(Cc2nnc(CC3=CCc4ccccc43)n2CCCC2=CCC=N2)cc1. The second-order valence-corrected chi connectivity index (χ2v) is 8.46. The van der Waals surface area contributed by atoms with Crippen molar-refractivity contribution in [1.29, 1.82) is 0 Å². The summed E-state index contributed by atoms with van der Waals surface area (Å²) in [4.78, 5) is 4.47. The molecule has 4 nitrogen and oxygen atoms in total. The first-order valence-electron chi connectivity index (χ1n) is 11.2. The summed E-state index contributed by atoms with van der Waals surface area (Å²) in [7, 11) is 0. The Labute approximate surface area is 184 Å². The third kappa shape index (κ3) is 4.43. The summed E-state index contributed by atoms with van der Waals surface area (Å²) in [5.41, 5.74) is 7.91. The van der Waals surface area contributed by atoms with Crippen molar-refractivity contribution < 1.29 is 0 Å². The highest BCUT2D eigenvalue weighted by Gasteiger charge is 2.19. The van der Waals surface area contributed by atoms with Crippen LogP contribution in [0.15, 0.2) is 71.4 Å². The minimum Gasteiger partial charge on any atom is -0.314 e. The van der Waals surface area contributed by atoms with Crippen molar-refractivity contribution in [1.82, 2.24) is 14.8 Å². The highest BCUT2D eigenvalue weighted by molar-refractivity contribution is 5.74. The lowest BCUT2D eigenvalue weighted by molar-refractivity contribution is 0.596. The van der Waals surface area contributed by atoms with Gasteiger partial charge in [0.2, 0.25) is 0 Å². The molecule has 5 rings (SSSR count). The smallest absolute Gasteiger partial charge is 0.137 e. The van der Waals surface area contributed by atoms with Gasteiger partial charge in [-0.15, -0.1) is 10.2 Å². The summed E-state index contributed by atoms with van der Waals surface area (Å²) in [5, 5.41) is 9.27. The molecule has 31 heavy (non-hydrogen) atoms. The molecule has 0 spiro atoms. The lowest BCUT2D eigenvalue weighted by Crippen LogP contribution is -2.10. The number of allylic oxidation sites excluding steroid dienone is 4. The van der Waals surface area contributed by atoms with E-state index in [1.165, 1.54) is 33.5 Å². The van der Waals surface area contributed by atoms with Crippen LogP contribution in [0.2, 0.25) is 0 Å². The highest BCUT2D eigenvalue weighted by atomic mass is 15.3. The van der Waals surface area contributed by atoms with E-state index in [4.69, 9.17) is 0 Å². The maximum atomic E-state index is 4.64. The molecule has 0 N–H and O–H groups in total. The van der Waals surface area contributed by atoms with Crippen LogP contribution in [-0.2, 0) is 25.8 Å². The topological polar surface area (TPSA) is 43.1 Å². The monoisotopic (exact) mass is 408 g/mol. The van der Waals surface area contributed by atoms with Gasteiger partial charge >= 0.3 is 0 Å². The average Bonchev–Trinajstić information content (AvgIpc) is 3.53. The first-order valence-corrected chi connectivity index (χ1v) is 11.2. The Kier molecular flexibility index (Phi) is 5.61. The Morgan fingerprint density at radius 2 is 1.71 bits per heavy atom. The third-order valence-corrected chi connectivity index (χ3v) is 6.20. The second-order valence-electron chi connectivity index (χ2n) is 8.46. The molecule has 2 aromatic carbocycles. The van der Waals surface area contributed by atoms with E-state index in [1.807, 2.05) is 6.21 Å². The summed E-state index contributed by atoms with van der Waals surface area (Å²) < 4.78 is 2.35. The standard InChI is InChI=1S/C27H28N4/c1-20-10-12-21(13-11-20)18-26-29-30-27(31(26)17-5-8-24-7-4-16-28-24)19-23-15-14-22-6-2-3-9-25(22)23/h2-3,6-7,9-13,15-16H,4-5,8,14,17-19H2,1H3. The first-order chi connectivity index (χ1) is 15.3. The number of hydrogen-bond acceptors (Lipinski definition) is 3. The van der Waals surface area contributed by atoms with Gasteiger partial charge in [-0.25, -0.2) is 0 Å². The van der Waals surface area contributed by atoms with Crippen molar-refractivity contribution in [3.8, 4) is 0 Å². The lowest BCUT2D eigenvalue weighted by Gasteiger charge is -2.12. The van der Waals surface area contributed by atoms with E-state index in [9.17, 15) is 0 Å². The van der Waals surface area contributed by atoms with Gasteiger partial charge in [0.05, 0.1) is 0 Å². The number of aromatic nitrogens is 3. The quantitative estimate of drug-likeness (QED) is 0.494. The van der Waals surface area contributed by atoms with Gasteiger partial charge in [0.15, 0.2) is 0 Å². The Balaban J connectivity index is 1.38. The zero-order valence-electron chi connectivity index (χ0n) is 18.1. The molecule has 0 amide bonds. The number of aliphatic imine (C=N–C) groups is 1. The van der Waals surface area contributed by atoms with E-state index in [0.717, 1.165) is 56.7 Å². The van der Waals surface area contributed by atoms with Crippen LogP contribution in [0.3, 0.4) is 0 Å². The molecule has 0 atom stereocenters. The van der Waals surface area contributed by atoms with Crippen LogP contribution in [0.25, 0.3) is 5.57 Å². The molecule has 4 heteroatoms. The number of benzene rings is 2.